The highest BCUT2D eigenvalue weighted by atomic mass is 16.5. The van der Waals surface area contributed by atoms with Gasteiger partial charge in [0.25, 0.3) is 0 Å². The third kappa shape index (κ3) is 3.88. The van der Waals surface area contributed by atoms with Gasteiger partial charge in [0.15, 0.2) is 0 Å². The van der Waals surface area contributed by atoms with Crippen molar-refractivity contribution < 1.29 is 14.6 Å². The van der Waals surface area contributed by atoms with Crippen LogP contribution in [0.25, 0.3) is 0 Å². The molecule has 0 aliphatic heterocycles. The van der Waals surface area contributed by atoms with Gasteiger partial charge in [-0.1, -0.05) is 12.1 Å². The first-order valence-corrected chi connectivity index (χ1v) is 4.93. The summed E-state index contributed by atoms with van der Waals surface area (Å²) in [7, 11) is 1.49. The van der Waals surface area contributed by atoms with Crippen molar-refractivity contribution >= 4 is 5.91 Å². The molecule has 1 aromatic carbocycles. The first-order valence-electron chi connectivity index (χ1n) is 4.93. The van der Waals surface area contributed by atoms with Crippen LogP contribution in [-0.2, 0) is 16.1 Å². The predicted octanol–water partition coefficient (Wildman–Crippen LogP) is -0.0179. The topological polar surface area (TPSA) is 84.6 Å². The Labute approximate surface area is 94.2 Å². The van der Waals surface area contributed by atoms with Crippen molar-refractivity contribution in [2.24, 2.45) is 5.73 Å². The molecule has 0 spiro atoms. The molecule has 0 radical (unpaired) electrons. The smallest absolute Gasteiger partial charge is 0.239 e. The second-order valence-electron chi connectivity index (χ2n) is 3.45. The number of aromatic hydroxyl groups is 1. The predicted molar refractivity (Wildman–Crippen MR) is 59.8 cm³/mol. The van der Waals surface area contributed by atoms with E-state index in [1.165, 1.54) is 7.11 Å². The van der Waals surface area contributed by atoms with E-state index in [9.17, 15) is 4.79 Å². The SMILES string of the molecule is COC[C@H](N)C(=O)NCc1ccc(O)cc1. The first kappa shape index (κ1) is 12.5. The van der Waals surface area contributed by atoms with Crippen LogP contribution in [0.1, 0.15) is 5.56 Å². The molecule has 0 bridgehead atoms. The molecule has 5 heteroatoms. The van der Waals surface area contributed by atoms with E-state index in [1.807, 2.05) is 0 Å². The van der Waals surface area contributed by atoms with Gasteiger partial charge < -0.3 is 20.9 Å². The van der Waals surface area contributed by atoms with Crippen LogP contribution in [0.3, 0.4) is 0 Å². The van der Waals surface area contributed by atoms with Gasteiger partial charge in [-0.3, -0.25) is 4.79 Å². The lowest BCUT2D eigenvalue weighted by molar-refractivity contribution is -0.123. The number of ether oxygens (including phenoxy) is 1. The summed E-state index contributed by atoms with van der Waals surface area (Å²) < 4.78 is 4.77. The van der Waals surface area contributed by atoms with Gasteiger partial charge in [-0.15, -0.1) is 0 Å². The summed E-state index contributed by atoms with van der Waals surface area (Å²) in [6.07, 6.45) is 0. The van der Waals surface area contributed by atoms with Crippen LogP contribution in [0, 0.1) is 0 Å². The van der Waals surface area contributed by atoms with Crippen LogP contribution in [0.2, 0.25) is 0 Å². The molecule has 1 aromatic rings. The number of nitrogens with one attached hydrogen (secondary N) is 1. The molecule has 0 fully saturated rings. The summed E-state index contributed by atoms with van der Waals surface area (Å²) in [6.45, 7) is 0.581. The minimum atomic E-state index is -0.651. The van der Waals surface area contributed by atoms with Gasteiger partial charge >= 0.3 is 0 Å². The monoisotopic (exact) mass is 224 g/mol. The van der Waals surface area contributed by atoms with Gasteiger partial charge in [-0.05, 0) is 17.7 Å². The van der Waals surface area contributed by atoms with E-state index in [2.05, 4.69) is 5.32 Å². The molecule has 1 atom stereocenters. The number of carbonyl (C=O) groups is 1. The van der Waals surface area contributed by atoms with Gasteiger partial charge in [0.1, 0.15) is 11.8 Å². The molecular weight excluding hydrogens is 208 g/mol. The molecule has 0 aliphatic rings. The highest BCUT2D eigenvalue weighted by molar-refractivity contribution is 5.81. The summed E-state index contributed by atoms with van der Waals surface area (Å²) in [5.74, 6) is -0.0546. The maximum Gasteiger partial charge on any atom is 0.239 e. The number of phenolic OH excluding ortho intramolecular Hbond substituents is 1. The number of methoxy groups -OCH3 is 1. The molecule has 0 heterocycles. The number of hydrogen-bond donors (Lipinski definition) is 3. The highest BCUT2D eigenvalue weighted by Gasteiger charge is 2.11. The first-order chi connectivity index (χ1) is 7.63. The lowest BCUT2D eigenvalue weighted by Gasteiger charge is -2.11. The van der Waals surface area contributed by atoms with E-state index in [1.54, 1.807) is 24.3 Å². The number of phenols is 1. The standard InChI is InChI=1S/C11H16N2O3/c1-16-7-10(12)11(15)13-6-8-2-4-9(14)5-3-8/h2-5,10,14H,6-7,12H2,1H3,(H,13,15)/t10-/m0/s1. The number of benzene rings is 1. The molecule has 88 valence electrons. The molecule has 0 aromatic heterocycles. The third-order valence-electron chi connectivity index (χ3n) is 2.09. The second kappa shape index (κ2) is 6.09. The molecule has 0 saturated heterocycles. The second-order valence-corrected chi connectivity index (χ2v) is 3.45. The molecule has 0 saturated carbocycles. The minimum absolute atomic E-state index is 0.196. The fourth-order valence-corrected chi connectivity index (χ4v) is 1.19. The van der Waals surface area contributed by atoms with Crippen LogP contribution in [0.4, 0.5) is 0 Å². The summed E-state index contributed by atoms with van der Waals surface area (Å²) >= 11 is 0. The Morgan fingerprint density at radius 1 is 1.50 bits per heavy atom. The normalized spacial score (nSPS) is 12.1. The number of rotatable bonds is 5. The summed E-state index contributed by atoms with van der Waals surface area (Å²) in [4.78, 5) is 11.4. The number of carbonyl (C=O) groups excluding carboxylic acids is 1. The van der Waals surface area contributed by atoms with Crippen LogP contribution in [0.15, 0.2) is 24.3 Å². The minimum Gasteiger partial charge on any atom is -0.508 e. The molecule has 1 amide bonds. The van der Waals surface area contributed by atoms with Gasteiger partial charge in [-0.2, -0.15) is 0 Å². The molecule has 4 N–H and O–H groups in total. The van der Waals surface area contributed by atoms with E-state index in [-0.39, 0.29) is 18.3 Å². The van der Waals surface area contributed by atoms with E-state index in [0.717, 1.165) is 5.56 Å². The summed E-state index contributed by atoms with van der Waals surface area (Å²) in [5, 5.41) is 11.7. The fourth-order valence-electron chi connectivity index (χ4n) is 1.19. The van der Waals surface area contributed by atoms with E-state index < -0.39 is 6.04 Å². The molecule has 0 aliphatic carbocycles. The lowest BCUT2D eigenvalue weighted by atomic mass is 10.2. The summed E-state index contributed by atoms with van der Waals surface area (Å²) in [5.41, 5.74) is 6.44. The molecule has 16 heavy (non-hydrogen) atoms. The quantitative estimate of drug-likeness (QED) is 0.656. The van der Waals surface area contributed by atoms with E-state index in [0.29, 0.717) is 6.54 Å². The Kier molecular flexibility index (Phi) is 4.75. The van der Waals surface area contributed by atoms with Crippen molar-refractivity contribution in [3.63, 3.8) is 0 Å². The van der Waals surface area contributed by atoms with Crippen molar-refractivity contribution in [1.29, 1.82) is 0 Å². The fraction of sp³-hybridized carbons (Fsp3) is 0.364. The van der Waals surface area contributed by atoms with Crippen LogP contribution in [0.5, 0.6) is 5.75 Å². The van der Waals surface area contributed by atoms with Crippen LogP contribution < -0.4 is 11.1 Å². The molecule has 1 rings (SSSR count). The van der Waals surface area contributed by atoms with Gasteiger partial charge in [0.05, 0.1) is 6.61 Å². The Bertz CT molecular complexity index is 338. The molecular formula is C11H16N2O3. The Morgan fingerprint density at radius 3 is 2.69 bits per heavy atom. The Hall–Kier alpha value is -1.59. The van der Waals surface area contributed by atoms with Gasteiger partial charge in [0.2, 0.25) is 5.91 Å². The largest absolute Gasteiger partial charge is 0.508 e. The number of nitrogens with two attached hydrogens (primary N) is 1. The van der Waals surface area contributed by atoms with Crippen molar-refractivity contribution in [1.82, 2.24) is 5.32 Å². The average molecular weight is 224 g/mol. The average Bonchev–Trinajstić information content (AvgIpc) is 2.28. The number of amides is 1. The maximum atomic E-state index is 11.4. The van der Waals surface area contributed by atoms with Crippen molar-refractivity contribution in [2.45, 2.75) is 12.6 Å². The van der Waals surface area contributed by atoms with Gasteiger partial charge in [0, 0.05) is 13.7 Å². The third-order valence-corrected chi connectivity index (χ3v) is 2.09. The van der Waals surface area contributed by atoms with Crippen molar-refractivity contribution in [3.05, 3.63) is 29.8 Å². The zero-order valence-corrected chi connectivity index (χ0v) is 9.14. The Balaban J connectivity index is 2.39. The molecule has 0 unspecified atom stereocenters. The van der Waals surface area contributed by atoms with Crippen molar-refractivity contribution in [3.8, 4) is 5.75 Å². The van der Waals surface area contributed by atoms with E-state index in [4.69, 9.17) is 15.6 Å². The zero-order chi connectivity index (χ0) is 12.0. The van der Waals surface area contributed by atoms with E-state index >= 15 is 0 Å². The van der Waals surface area contributed by atoms with Crippen LogP contribution in [-0.4, -0.2) is 30.8 Å². The zero-order valence-electron chi connectivity index (χ0n) is 9.14. The molecule has 5 nitrogen and oxygen atoms in total. The maximum absolute atomic E-state index is 11.4. The van der Waals surface area contributed by atoms with Crippen molar-refractivity contribution in [2.75, 3.05) is 13.7 Å². The number of hydrogen-bond acceptors (Lipinski definition) is 4. The van der Waals surface area contributed by atoms with Crippen LogP contribution >= 0.6 is 0 Å². The Morgan fingerprint density at radius 2 is 2.12 bits per heavy atom. The highest BCUT2D eigenvalue weighted by Crippen LogP contribution is 2.09. The lowest BCUT2D eigenvalue weighted by Crippen LogP contribution is -2.43. The van der Waals surface area contributed by atoms with Gasteiger partial charge in [-0.25, -0.2) is 0 Å². The summed E-state index contributed by atoms with van der Waals surface area (Å²) in [6, 6.07) is 5.95.